The lowest BCUT2D eigenvalue weighted by molar-refractivity contribution is 0.00148. The molecule has 1 aliphatic rings. The van der Waals surface area contributed by atoms with E-state index in [9.17, 15) is 17.6 Å². The summed E-state index contributed by atoms with van der Waals surface area (Å²) in [7, 11) is 0. The van der Waals surface area contributed by atoms with E-state index in [0.717, 1.165) is 6.07 Å². The molecule has 0 aliphatic carbocycles. The van der Waals surface area contributed by atoms with Crippen molar-refractivity contribution in [3.05, 3.63) is 94.3 Å². The van der Waals surface area contributed by atoms with E-state index >= 15 is 4.39 Å². The molecule has 0 radical (unpaired) electrons. The van der Waals surface area contributed by atoms with Crippen LogP contribution in [0.25, 0.3) is 17.2 Å². The highest BCUT2D eigenvalue weighted by Gasteiger charge is 2.29. The zero-order valence-electron chi connectivity index (χ0n) is 19.4. The van der Waals surface area contributed by atoms with Crippen LogP contribution >= 0.6 is 0 Å². The molecule has 7 heteroatoms. The lowest BCUT2D eigenvalue weighted by atomic mass is 9.88. The maximum absolute atomic E-state index is 15.0. The minimum atomic E-state index is -1.31. The molecule has 184 valence electrons. The fourth-order valence-corrected chi connectivity index (χ4v) is 4.41. The van der Waals surface area contributed by atoms with Crippen LogP contribution in [0.3, 0.4) is 0 Å². The second kappa shape index (κ2) is 10.6. The molecule has 4 rings (SSSR count). The molecular formula is C28H25F5O2. The van der Waals surface area contributed by atoms with E-state index < -0.39 is 34.8 Å². The van der Waals surface area contributed by atoms with E-state index in [0.29, 0.717) is 24.0 Å². The average molecular weight is 488 g/mol. The summed E-state index contributed by atoms with van der Waals surface area (Å²) in [5.41, 5.74) is 0.496. The summed E-state index contributed by atoms with van der Waals surface area (Å²) in [5.74, 6) is -6.01. The number of benzene rings is 3. The van der Waals surface area contributed by atoms with Crippen LogP contribution in [0.1, 0.15) is 55.4 Å². The minimum absolute atomic E-state index is 0.103. The van der Waals surface area contributed by atoms with Gasteiger partial charge in [-0.15, -0.1) is 0 Å². The van der Waals surface area contributed by atoms with Gasteiger partial charge in [0.15, 0.2) is 23.2 Å². The first-order valence-electron chi connectivity index (χ1n) is 11.5. The van der Waals surface area contributed by atoms with E-state index in [4.69, 9.17) is 9.47 Å². The lowest BCUT2D eigenvalue weighted by Crippen LogP contribution is -2.20. The van der Waals surface area contributed by atoms with Crippen LogP contribution in [0.4, 0.5) is 22.0 Å². The van der Waals surface area contributed by atoms with Crippen LogP contribution in [-0.2, 0) is 4.74 Å². The quantitative estimate of drug-likeness (QED) is 0.326. The van der Waals surface area contributed by atoms with Crippen LogP contribution < -0.4 is 4.74 Å². The molecule has 2 unspecified atom stereocenters. The van der Waals surface area contributed by atoms with Crippen molar-refractivity contribution in [3.63, 3.8) is 0 Å². The van der Waals surface area contributed by atoms with Crippen molar-refractivity contribution in [1.82, 2.24) is 0 Å². The van der Waals surface area contributed by atoms with Crippen LogP contribution in [0.15, 0.2) is 48.5 Å². The fourth-order valence-electron chi connectivity index (χ4n) is 4.41. The van der Waals surface area contributed by atoms with Gasteiger partial charge in [-0.2, -0.15) is 4.39 Å². The first-order valence-corrected chi connectivity index (χ1v) is 11.5. The van der Waals surface area contributed by atoms with Gasteiger partial charge < -0.3 is 9.47 Å². The van der Waals surface area contributed by atoms with Gasteiger partial charge in [0, 0.05) is 22.6 Å². The Kier molecular flexibility index (Phi) is 7.55. The maximum Gasteiger partial charge on any atom is 0.201 e. The van der Waals surface area contributed by atoms with Gasteiger partial charge in [0.1, 0.15) is 5.82 Å². The number of rotatable bonds is 6. The summed E-state index contributed by atoms with van der Waals surface area (Å²) in [6.07, 6.45) is 4.05. The molecule has 1 fully saturated rings. The summed E-state index contributed by atoms with van der Waals surface area (Å²) in [6, 6.07) is 9.87. The van der Waals surface area contributed by atoms with E-state index in [1.807, 2.05) is 0 Å². The normalized spacial score (nSPS) is 18.3. The smallest absolute Gasteiger partial charge is 0.201 e. The van der Waals surface area contributed by atoms with Gasteiger partial charge in [-0.05, 0) is 56.0 Å². The van der Waals surface area contributed by atoms with Crippen LogP contribution in [0, 0.1) is 29.1 Å². The van der Waals surface area contributed by atoms with Crippen LogP contribution in [-0.4, -0.2) is 13.2 Å². The topological polar surface area (TPSA) is 18.5 Å². The van der Waals surface area contributed by atoms with Crippen molar-refractivity contribution in [2.45, 2.75) is 38.7 Å². The molecule has 1 saturated heterocycles. The van der Waals surface area contributed by atoms with Crippen LogP contribution in [0.5, 0.6) is 5.75 Å². The molecule has 0 saturated carbocycles. The summed E-state index contributed by atoms with van der Waals surface area (Å²) in [4.78, 5) is 0. The third kappa shape index (κ3) is 4.96. The van der Waals surface area contributed by atoms with Gasteiger partial charge in [0.2, 0.25) is 5.82 Å². The lowest BCUT2D eigenvalue weighted by Gasteiger charge is -2.30. The standard InChI is InChI=1S/C28H25F5O2/c1-3-5-16-6-7-17(14-22(16)29)23-12-8-18(15-35-23)19-9-10-20(26(31)25(19)30)21-11-13-24(34-4-2)28(33)27(21)32/h3,5-7,9-11,13-14,18,23H,4,8,12,15H2,1-2H3/b5-3+. The largest absolute Gasteiger partial charge is 0.491 e. The zero-order valence-corrected chi connectivity index (χ0v) is 19.4. The molecular weight excluding hydrogens is 463 g/mol. The third-order valence-corrected chi connectivity index (χ3v) is 6.21. The summed E-state index contributed by atoms with van der Waals surface area (Å²) in [5, 5.41) is 0. The zero-order chi connectivity index (χ0) is 25.1. The van der Waals surface area contributed by atoms with Gasteiger partial charge in [0.05, 0.1) is 19.3 Å². The highest BCUT2D eigenvalue weighted by molar-refractivity contribution is 5.67. The second-order valence-electron chi connectivity index (χ2n) is 8.38. The predicted molar refractivity (Wildman–Crippen MR) is 125 cm³/mol. The minimum Gasteiger partial charge on any atom is -0.491 e. The molecule has 0 spiro atoms. The Bertz CT molecular complexity index is 1250. The van der Waals surface area contributed by atoms with Crippen LogP contribution in [0.2, 0.25) is 0 Å². The summed E-state index contributed by atoms with van der Waals surface area (Å²) < 4.78 is 83.9. The Morgan fingerprint density at radius 2 is 1.60 bits per heavy atom. The predicted octanol–water partition coefficient (Wildman–Crippen LogP) is 8.12. The second-order valence-corrected chi connectivity index (χ2v) is 8.38. The molecule has 1 heterocycles. The molecule has 2 atom stereocenters. The van der Waals surface area contributed by atoms with Gasteiger partial charge in [-0.3, -0.25) is 0 Å². The molecule has 1 aliphatic heterocycles. The van der Waals surface area contributed by atoms with E-state index in [2.05, 4.69) is 0 Å². The first-order chi connectivity index (χ1) is 16.8. The van der Waals surface area contributed by atoms with Gasteiger partial charge in [0.25, 0.3) is 0 Å². The number of hydrogen-bond acceptors (Lipinski definition) is 2. The van der Waals surface area contributed by atoms with Crippen molar-refractivity contribution >= 4 is 6.08 Å². The molecule has 0 bridgehead atoms. The SMILES string of the molecule is C/C=C/c1ccc(C2CCC(c3ccc(-c4ccc(OCC)c(F)c4F)c(F)c3F)CO2)cc1F. The first kappa shape index (κ1) is 24.9. The Hall–Kier alpha value is -3.19. The molecule has 3 aromatic rings. The Morgan fingerprint density at radius 1 is 0.886 bits per heavy atom. The van der Waals surface area contributed by atoms with Gasteiger partial charge in [-0.1, -0.05) is 36.4 Å². The molecule has 0 N–H and O–H groups in total. The number of hydrogen-bond donors (Lipinski definition) is 0. The highest BCUT2D eigenvalue weighted by Crippen LogP contribution is 2.39. The van der Waals surface area contributed by atoms with E-state index in [-0.39, 0.29) is 42.0 Å². The molecule has 3 aromatic carbocycles. The van der Waals surface area contributed by atoms with Crippen molar-refractivity contribution in [3.8, 4) is 16.9 Å². The Balaban J connectivity index is 1.52. The van der Waals surface area contributed by atoms with Crippen molar-refractivity contribution in [2.75, 3.05) is 13.2 Å². The highest BCUT2D eigenvalue weighted by atomic mass is 19.2. The number of allylic oxidation sites excluding steroid dienone is 1. The maximum atomic E-state index is 15.0. The van der Waals surface area contributed by atoms with Crippen molar-refractivity contribution in [1.29, 1.82) is 0 Å². The van der Waals surface area contributed by atoms with Crippen molar-refractivity contribution < 1.29 is 31.4 Å². The third-order valence-electron chi connectivity index (χ3n) is 6.21. The van der Waals surface area contributed by atoms with Gasteiger partial charge >= 0.3 is 0 Å². The number of ether oxygens (including phenoxy) is 2. The number of halogens is 5. The van der Waals surface area contributed by atoms with E-state index in [1.165, 1.54) is 24.3 Å². The average Bonchev–Trinajstić information content (AvgIpc) is 2.86. The fraction of sp³-hybridized carbons (Fsp3) is 0.286. The monoisotopic (exact) mass is 488 g/mol. The van der Waals surface area contributed by atoms with Crippen molar-refractivity contribution in [2.24, 2.45) is 0 Å². The Morgan fingerprint density at radius 3 is 2.23 bits per heavy atom. The molecule has 0 aromatic heterocycles. The van der Waals surface area contributed by atoms with E-state index in [1.54, 1.807) is 38.1 Å². The Labute approximate surface area is 201 Å². The summed E-state index contributed by atoms with van der Waals surface area (Å²) in [6.45, 7) is 3.67. The molecule has 2 nitrogen and oxygen atoms in total. The molecule has 0 amide bonds. The summed E-state index contributed by atoms with van der Waals surface area (Å²) >= 11 is 0. The molecule has 35 heavy (non-hydrogen) atoms. The van der Waals surface area contributed by atoms with Gasteiger partial charge in [-0.25, -0.2) is 17.6 Å².